The van der Waals surface area contributed by atoms with Gasteiger partial charge in [-0.2, -0.15) is 0 Å². The summed E-state index contributed by atoms with van der Waals surface area (Å²) in [6, 6.07) is 4.69. The molecule has 2 heterocycles. The van der Waals surface area contributed by atoms with E-state index in [4.69, 9.17) is 4.98 Å². The molecular weight excluding hydrogens is 294 g/mol. The van der Waals surface area contributed by atoms with Crippen molar-refractivity contribution < 1.29 is 4.79 Å². The summed E-state index contributed by atoms with van der Waals surface area (Å²) < 4.78 is 1.30. The number of hydrogen-bond donors (Lipinski definition) is 0. The molecule has 0 unspecified atom stereocenters. The van der Waals surface area contributed by atoms with Gasteiger partial charge in [-0.1, -0.05) is 23.5 Å². The molecule has 1 aliphatic heterocycles. The normalized spacial score (nSPS) is 16.3. The third-order valence-corrected chi connectivity index (χ3v) is 5.96. The van der Waals surface area contributed by atoms with Crippen LogP contribution in [0.4, 0.5) is 5.13 Å². The standard InChI is InChI=1S/C17H23N3OS/c1-11-5-6-12(2)16-15(11)18-17(22-16)20-9-7-14(8-10-20)19(4)13(3)21/h5-6,14H,7-10H2,1-4H3. The Kier molecular flexibility index (Phi) is 4.08. The van der Waals surface area contributed by atoms with Crippen LogP contribution in [0.5, 0.6) is 0 Å². The third kappa shape index (κ3) is 2.70. The number of amides is 1. The highest BCUT2D eigenvalue weighted by molar-refractivity contribution is 7.22. The van der Waals surface area contributed by atoms with E-state index in [1.165, 1.54) is 15.8 Å². The zero-order chi connectivity index (χ0) is 15.9. The van der Waals surface area contributed by atoms with E-state index in [-0.39, 0.29) is 5.91 Å². The van der Waals surface area contributed by atoms with Crippen LogP contribution in [0.25, 0.3) is 10.2 Å². The van der Waals surface area contributed by atoms with Gasteiger partial charge in [0.05, 0.1) is 10.2 Å². The first-order valence-electron chi connectivity index (χ1n) is 7.82. The molecule has 1 aromatic heterocycles. The second-order valence-corrected chi connectivity index (χ2v) is 7.20. The Bertz CT molecular complexity index is 662. The summed E-state index contributed by atoms with van der Waals surface area (Å²) in [6.45, 7) is 7.86. The minimum Gasteiger partial charge on any atom is -0.348 e. The first-order chi connectivity index (χ1) is 10.5. The Morgan fingerprint density at radius 2 is 1.91 bits per heavy atom. The molecule has 3 rings (SSSR count). The largest absolute Gasteiger partial charge is 0.348 e. The van der Waals surface area contributed by atoms with Crippen molar-refractivity contribution in [2.45, 2.75) is 39.7 Å². The van der Waals surface area contributed by atoms with E-state index in [9.17, 15) is 4.79 Å². The van der Waals surface area contributed by atoms with Gasteiger partial charge in [0.15, 0.2) is 5.13 Å². The zero-order valence-corrected chi connectivity index (χ0v) is 14.5. The summed E-state index contributed by atoms with van der Waals surface area (Å²) in [7, 11) is 1.91. The molecule has 0 N–H and O–H groups in total. The number of carbonyl (C=O) groups is 1. The van der Waals surface area contributed by atoms with Crippen molar-refractivity contribution in [3.8, 4) is 0 Å². The third-order valence-electron chi connectivity index (χ3n) is 4.71. The second kappa shape index (κ2) is 5.88. The average molecular weight is 317 g/mol. The van der Waals surface area contributed by atoms with Gasteiger partial charge >= 0.3 is 0 Å². The van der Waals surface area contributed by atoms with E-state index in [1.54, 1.807) is 18.3 Å². The summed E-state index contributed by atoms with van der Waals surface area (Å²) in [4.78, 5) is 20.6. The summed E-state index contributed by atoms with van der Waals surface area (Å²) in [5.74, 6) is 0.157. The number of aromatic nitrogens is 1. The lowest BCUT2D eigenvalue weighted by Gasteiger charge is -2.36. The number of anilines is 1. The van der Waals surface area contributed by atoms with Crippen LogP contribution in [0.2, 0.25) is 0 Å². The smallest absolute Gasteiger partial charge is 0.219 e. The van der Waals surface area contributed by atoms with Gasteiger partial charge < -0.3 is 9.80 Å². The van der Waals surface area contributed by atoms with Crippen LogP contribution in [0.15, 0.2) is 12.1 Å². The van der Waals surface area contributed by atoms with Crippen molar-refractivity contribution in [2.24, 2.45) is 0 Å². The molecule has 1 amide bonds. The Morgan fingerprint density at radius 3 is 2.50 bits per heavy atom. The lowest BCUT2D eigenvalue weighted by Crippen LogP contribution is -2.45. The summed E-state index contributed by atoms with van der Waals surface area (Å²) in [5, 5.41) is 1.12. The van der Waals surface area contributed by atoms with Crippen molar-refractivity contribution in [1.29, 1.82) is 0 Å². The highest BCUT2D eigenvalue weighted by atomic mass is 32.1. The van der Waals surface area contributed by atoms with Gasteiger partial charge in [-0.15, -0.1) is 0 Å². The van der Waals surface area contributed by atoms with Crippen molar-refractivity contribution in [3.63, 3.8) is 0 Å². The minimum absolute atomic E-state index is 0.157. The monoisotopic (exact) mass is 317 g/mol. The summed E-state index contributed by atoms with van der Waals surface area (Å²) in [5.41, 5.74) is 3.69. The van der Waals surface area contributed by atoms with Crippen molar-refractivity contribution in [2.75, 3.05) is 25.0 Å². The van der Waals surface area contributed by atoms with Crippen LogP contribution in [0.1, 0.15) is 30.9 Å². The molecule has 0 radical (unpaired) electrons. The maximum absolute atomic E-state index is 11.5. The quantitative estimate of drug-likeness (QED) is 0.852. The van der Waals surface area contributed by atoms with Crippen LogP contribution in [-0.4, -0.2) is 42.0 Å². The number of rotatable bonds is 2. The van der Waals surface area contributed by atoms with Crippen LogP contribution >= 0.6 is 11.3 Å². The Balaban J connectivity index is 1.78. The maximum Gasteiger partial charge on any atom is 0.219 e. The molecule has 0 atom stereocenters. The van der Waals surface area contributed by atoms with E-state index in [0.29, 0.717) is 6.04 Å². The van der Waals surface area contributed by atoms with Crippen LogP contribution in [-0.2, 0) is 4.79 Å². The van der Waals surface area contributed by atoms with Gasteiger partial charge in [-0.05, 0) is 37.8 Å². The lowest BCUT2D eigenvalue weighted by atomic mass is 10.0. The number of fused-ring (bicyclic) bond motifs is 1. The molecule has 0 bridgehead atoms. The van der Waals surface area contributed by atoms with Gasteiger partial charge in [0.2, 0.25) is 5.91 Å². The SMILES string of the molecule is CC(=O)N(C)C1CCN(c2nc3c(C)ccc(C)c3s2)CC1. The van der Waals surface area contributed by atoms with Crippen LogP contribution in [0.3, 0.4) is 0 Å². The van der Waals surface area contributed by atoms with E-state index in [2.05, 4.69) is 30.9 Å². The van der Waals surface area contributed by atoms with Gasteiger partial charge in [-0.25, -0.2) is 4.98 Å². The molecule has 1 fully saturated rings. The van der Waals surface area contributed by atoms with Crippen LogP contribution < -0.4 is 4.90 Å². The first-order valence-corrected chi connectivity index (χ1v) is 8.64. The fraction of sp³-hybridized carbons (Fsp3) is 0.529. The molecule has 0 saturated carbocycles. The topological polar surface area (TPSA) is 36.4 Å². The Hall–Kier alpha value is -1.62. The second-order valence-electron chi connectivity index (χ2n) is 6.22. The van der Waals surface area contributed by atoms with Gasteiger partial charge in [0, 0.05) is 33.1 Å². The van der Waals surface area contributed by atoms with E-state index >= 15 is 0 Å². The highest BCUT2D eigenvalue weighted by Gasteiger charge is 2.25. The molecule has 22 heavy (non-hydrogen) atoms. The van der Waals surface area contributed by atoms with Crippen LogP contribution in [0, 0.1) is 13.8 Å². The van der Waals surface area contributed by atoms with Gasteiger partial charge in [0.1, 0.15) is 0 Å². The number of aryl methyl sites for hydroxylation is 2. The highest BCUT2D eigenvalue weighted by Crippen LogP contribution is 2.34. The molecule has 1 saturated heterocycles. The lowest BCUT2D eigenvalue weighted by molar-refractivity contribution is -0.129. The molecule has 2 aromatic rings. The first kappa shape index (κ1) is 15.3. The zero-order valence-electron chi connectivity index (χ0n) is 13.7. The van der Waals surface area contributed by atoms with Crippen molar-refractivity contribution in [3.05, 3.63) is 23.3 Å². The molecule has 4 nitrogen and oxygen atoms in total. The maximum atomic E-state index is 11.5. The Morgan fingerprint density at radius 1 is 1.27 bits per heavy atom. The predicted molar refractivity (Wildman–Crippen MR) is 92.8 cm³/mol. The van der Waals surface area contributed by atoms with E-state index in [0.717, 1.165) is 36.6 Å². The number of benzene rings is 1. The number of piperidine rings is 1. The van der Waals surface area contributed by atoms with Crippen molar-refractivity contribution in [1.82, 2.24) is 9.88 Å². The molecule has 0 spiro atoms. The van der Waals surface area contributed by atoms with Gasteiger partial charge in [-0.3, -0.25) is 4.79 Å². The minimum atomic E-state index is 0.157. The average Bonchev–Trinajstić information content (AvgIpc) is 2.97. The van der Waals surface area contributed by atoms with Gasteiger partial charge in [0.25, 0.3) is 0 Å². The number of hydrogen-bond acceptors (Lipinski definition) is 4. The molecule has 118 valence electrons. The number of thiazole rings is 1. The molecule has 0 aliphatic carbocycles. The summed E-state index contributed by atoms with van der Waals surface area (Å²) >= 11 is 1.79. The van der Waals surface area contributed by atoms with E-state index < -0.39 is 0 Å². The fourth-order valence-corrected chi connectivity index (χ4v) is 4.25. The number of nitrogens with zero attached hydrogens (tertiary/aromatic N) is 3. The predicted octanol–water partition coefficient (Wildman–Crippen LogP) is 3.36. The Labute approximate surface area is 135 Å². The van der Waals surface area contributed by atoms with E-state index in [1.807, 2.05) is 11.9 Å². The summed E-state index contributed by atoms with van der Waals surface area (Å²) in [6.07, 6.45) is 2.04. The fourth-order valence-electron chi connectivity index (χ4n) is 3.08. The molecule has 1 aromatic carbocycles. The molecule has 1 aliphatic rings. The molecular formula is C17H23N3OS. The molecule has 5 heteroatoms. The van der Waals surface area contributed by atoms with Crippen molar-refractivity contribution >= 4 is 32.6 Å². The number of carbonyl (C=O) groups excluding carboxylic acids is 1.